The fourth-order valence-corrected chi connectivity index (χ4v) is 3.99. The number of amides is 2. The average Bonchev–Trinajstić information content (AvgIpc) is 3.27. The van der Waals surface area contributed by atoms with Gasteiger partial charge in [-0.15, -0.1) is 10.2 Å². The number of anilines is 1. The Morgan fingerprint density at radius 1 is 1.29 bits per heavy atom. The molecule has 11 heteroatoms. The second-order valence-electron chi connectivity index (χ2n) is 9.17. The van der Waals surface area contributed by atoms with Crippen LogP contribution in [0.25, 0.3) is 11.5 Å². The normalized spacial score (nSPS) is 16.6. The van der Waals surface area contributed by atoms with Gasteiger partial charge in [-0.25, -0.2) is 14.2 Å². The van der Waals surface area contributed by atoms with Gasteiger partial charge in [0.1, 0.15) is 35.0 Å². The van der Waals surface area contributed by atoms with Crippen molar-refractivity contribution in [3.05, 3.63) is 52.5 Å². The maximum absolute atomic E-state index is 14.4. The van der Waals surface area contributed by atoms with Gasteiger partial charge in [-0.05, 0) is 74.7 Å². The number of hydrogen-bond acceptors (Lipinski definition) is 7. The van der Waals surface area contributed by atoms with Crippen LogP contribution in [0.15, 0.2) is 41.1 Å². The van der Waals surface area contributed by atoms with Crippen LogP contribution in [0.1, 0.15) is 56.9 Å². The minimum Gasteiger partial charge on any atom is -0.493 e. The Bertz CT molecular complexity index is 1270. The molecule has 0 saturated carbocycles. The number of aromatic nitrogens is 4. The third-order valence-electron chi connectivity index (χ3n) is 5.30. The van der Waals surface area contributed by atoms with Crippen molar-refractivity contribution in [3.63, 3.8) is 0 Å². The number of ether oxygens (including phenoxy) is 2. The highest BCUT2D eigenvalue weighted by molar-refractivity contribution is 9.10. The molecule has 0 fully saturated rings. The van der Waals surface area contributed by atoms with E-state index in [0.29, 0.717) is 17.9 Å². The summed E-state index contributed by atoms with van der Waals surface area (Å²) in [5.41, 5.74) is -0.460. The Balaban J connectivity index is 1.91. The third-order valence-corrected chi connectivity index (χ3v) is 5.90. The quantitative estimate of drug-likeness (QED) is 0.364. The van der Waals surface area contributed by atoms with Crippen molar-refractivity contribution in [2.24, 2.45) is 0 Å². The Hall–Kier alpha value is -3.34. The molecule has 2 amide bonds. The molecule has 1 atom stereocenters. The predicted octanol–water partition coefficient (Wildman–Crippen LogP) is 5.56. The summed E-state index contributed by atoms with van der Waals surface area (Å²) in [7, 11) is 0. The number of fused-ring (bicyclic) bond motifs is 5. The minimum absolute atomic E-state index is 0.00962. The Morgan fingerprint density at radius 3 is 2.80 bits per heavy atom. The molecule has 0 unspecified atom stereocenters. The summed E-state index contributed by atoms with van der Waals surface area (Å²) in [6, 6.07) is 7.34. The largest absolute Gasteiger partial charge is 0.493 e. The van der Waals surface area contributed by atoms with E-state index >= 15 is 0 Å². The van der Waals surface area contributed by atoms with Crippen molar-refractivity contribution in [3.8, 4) is 17.3 Å². The van der Waals surface area contributed by atoms with E-state index in [0.717, 1.165) is 17.4 Å². The number of carbonyl (C=O) groups is 2. The molecule has 0 spiro atoms. The van der Waals surface area contributed by atoms with Gasteiger partial charge in [-0.2, -0.15) is 4.90 Å². The highest BCUT2D eigenvalue weighted by Crippen LogP contribution is 2.31. The number of hydrogen-bond donors (Lipinski definition) is 0. The molecular formula is C24H25BrFN5O4. The molecule has 2 aromatic heterocycles. The van der Waals surface area contributed by atoms with Gasteiger partial charge in [0.2, 0.25) is 0 Å². The van der Waals surface area contributed by atoms with Crippen LogP contribution < -0.4 is 9.64 Å². The summed E-state index contributed by atoms with van der Waals surface area (Å²) in [5.74, 6) is -0.822. The zero-order valence-corrected chi connectivity index (χ0v) is 21.4. The van der Waals surface area contributed by atoms with Gasteiger partial charge in [0.15, 0.2) is 5.82 Å². The molecule has 0 saturated heterocycles. The fourth-order valence-electron chi connectivity index (χ4n) is 3.64. The highest BCUT2D eigenvalue weighted by atomic mass is 79.9. The summed E-state index contributed by atoms with van der Waals surface area (Å²) in [4.78, 5) is 32.4. The Kier molecular flexibility index (Phi) is 6.88. The molecule has 0 radical (unpaired) electrons. The van der Waals surface area contributed by atoms with E-state index in [1.807, 2.05) is 11.5 Å². The molecular weight excluding hydrogens is 521 g/mol. The summed E-state index contributed by atoms with van der Waals surface area (Å²) in [6.07, 6.45) is 2.02. The first-order chi connectivity index (χ1) is 16.5. The topological polar surface area (TPSA) is 99.4 Å². The number of pyridine rings is 1. The van der Waals surface area contributed by atoms with Gasteiger partial charge < -0.3 is 14.0 Å². The number of imide groups is 1. The first-order valence-electron chi connectivity index (χ1n) is 11.1. The van der Waals surface area contributed by atoms with E-state index in [2.05, 4.69) is 31.1 Å². The summed E-state index contributed by atoms with van der Waals surface area (Å²) >= 11 is 3.12. The van der Waals surface area contributed by atoms with Gasteiger partial charge in [0, 0.05) is 12.1 Å². The van der Waals surface area contributed by atoms with Gasteiger partial charge in [0.25, 0.3) is 5.91 Å². The zero-order valence-electron chi connectivity index (χ0n) is 19.8. The second-order valence-corrected chi connectivity index (χ2v) is 10.0. The fraction of sp³-hybridized carbons (Fsp3) is 0.375. The smallest absolute Gasteiger partial charge is 0.423 e. The molecule has 9 nitrogen and oxygen atoms in total. The van der Waals surface area contributed by atoms with Gasteiger partial charge in [0.05, 0.1) is 16.6 Å². The molecule has 4 rings (SSSR count). The number of halogens is 2. The van der Waals surface area contributed by atoms with Crippen LogP contribution in [-0.2, 0) is 4.74 Å². The van der Waals surface area contributed by atoms with Crippen molar-refractivity contribution >= 4 is 33.7 Å². The van der Waals surface area contributed by atoms with E-state index in [9.17, 15) is 14.0 Å². The number of nitrogens with zero attached hydrogens (tertiary/aromatic N) is 5. The van der Waals surface area contributed by atoms with Crippen LogP contribution >= 0.6 is 15.9 Å². The molecule has 0 aliphatic carbocycles. The number of benzene rings is 1. The molecule has 3 aromatic rings. The molecule has 1 aliphatic rings. The third kappa shape index (κ3) is 5.34. The Labute approximate surface area is 210 Å². The van der Waals surface area contributed by atoms with E-state index in [-0.39, 0.29) is 34.3 Å². The van der Waals surface area contributed by atoms with Crippen LogP contribution in [0, 0.1) is 5.82 Å². The second kappa shape index (κ2) is 9.73. The van der Waals surface area contributed by atoms with Crippen LogP contribution in [0.4, 0.5) is 15.0 Å². The van der Waals surface area contributed by atoms with Crippen molar-refractivity contribution in [2.75, 3.05) is 11.5 Å². The van der Waals surface area contributed by atoms with Gasteiger partial charge in [-0.1, -0.05) is 6.07 Å². The van der Waals surface area contributed by atoms with Crippen molar-refractivity contribution in [2.45, 2.75) is 52.2 Å². The first-order valence-corrected chi connectivity index (χ1v) is 11.9. The van der Waals surface area contributed by atoms with Crippen LogP contribution in [0.5, 0.6) is 5.75 Å². The van der Waals surface area contributed by atoms with E-state index in [1.54, 1.807) is 39.2 Å². The molecule has 1 aliphatic heterocycles. The summed E-state index contributed by atoms with van der Waals surface area (Å²) < 4.78 is 27.7. The van der Waals surface area contributed by atoms with Crippen molar-refractivity contribution < 1.29 is 23.5 Å². The lowest BCUT2D eigenvalue weighted by atomic mass is 10.1. The lowest BCUT2D eigenvalue weighted by Gasteiger charge is -2.26. The summed E-state index contributed by atoms with van der Waals surface area (Å²) in [6.45, 7) is 7.33. The SMILES string of the molecule is C[C@H]1CCCOc2cc(F)c(Br)cc2C(=O)N(C(=O)OC(C)(C)C)c2cccc(n2)-c2nncn21. The highest BCUT2D eigenvalue weighted by Gasteiger charge is 2.33. The van der Waals surface area contributed by atoms with Crippen molar-refractivity contribution in [1.29, 1.82) is 0 Å². The van der Waals surface area contributed by atoms with Gasteiger partial charge in [-0.3, -0.25) is 4.79 Å². The summed E-state index contributed by atoms with van der Waals surface area (Å²) in [5, 5.41) is 8.24. The van der Waals surface area contributed by atoms with Crippen molar-refractivity contribution in [1.82, 2.24) is 19.7 Å². The van der Waals surface area contributed by atoms with Crippen LogP contribution in [-0.4, -0.2) is 44.0 Å². The zero-order chi connectivity index (χ0) is 25.3. The standard InChI is InChI=1S/C24H25BrFN5O4/c1-14-7-6-10-34-19-12-17(26)16(25)11-15(19)22(32)31(23(33)35-24(2,3)4)20-9-5-8-18(28-20)21-29-27-13-30(14)21/h5,8-9,11-14H,6-7,10H2,1-4H3/t14-/m0/s1. The van der Waals surface area contributed by atoms with Crippen LogP contribution in [0.2, 0.25) is 0 Å². The number of carbonyl (C=O) groups excluding carboxylic acids is 2. The minimum atomic E-state index is -0.930. The lowest BCUT2D eigenvalue weighted by molar-refractivity contribution is 0.0562. The molecule has 1 aromatic carbocycles. The van der Waals surface area contributed by atoms with Crippen LogP contribution in [0.3, 0.4) is 0 Å². The Morgan fingerprint density at radius 2 is 2.06 bits per heavy atom. The maximum Gasteiger partial charge on any atom is 0.423 e. The monoisotopic (exact) mass is 545 g/mol. The van der Waals surface area contributed by atoms with E-state index in [1.165, 1.54) is 12.1 Å². The molecule has 2 bridgehead atoms. The predicted molar refractivity (Wildman–Crippen MR) is 130 cm³/mol. The average molecular weight is 546 g/mol. The number of rotatable bonds is 0. The van der Waals surface area contributed by atoms with E-state index in [4.69, 9.17) is 9.47 Å². The molecule has 3 heterocycles. The lowest BCUT2D eigenvalue weighted by Crippen LogP contribution is -2.41. The van der Waals surface area contributed by atoms with Gasteiger partial charge >= 0.3 is 6.09 Å². The molecule has 0 N–H and O–H groups in total. The maximum atomic E-state index is 14.4. The first kappa shape index (κ1) is 24.8. The van der Waals surface area contributed by atoms with E-state index < -0.39 is 23.4 Å². The molecule has 184 valence electrons. The molecule has 35 heavy (non-hydrogen) atoms.